The van der Waals surface area contributed by atoms with E-state index in [1.54, 1.807) is 0 Å². The number of aromatic amines is 1. The van der Waals surface area contributed by atoms with Crippen LogP contribution in [0, 0.1) is 0 Å². The molecule has 0 fully saturated rings. The maximum Gasteiger partial charge on any atom is 0.191 e. The smallest absolute Gasteiger partial charge is 0.191 e. The van der Waals surface area contributed by atoms with E-state index in [1.807, 2.05) is 24.9 Å². The summed E-state index contributed by atoms with van der Waals surface area (Å²) in [7, 11) is 1.94. The lowest BCUT2D eigenvalue weighted by atomic mass is 10.2. The van der Waals surface area contributed by atoms with Gasteiger partial charge in [0, 0.05) is 25.4 Å². The lowest BCUT2D eigenvalue weighted by molar-refractivity contribution is 0.545. The summed E-state index contributed by atoms with van der Waals surface area (Å²) in [5.74, 6) is 0.673. The van der Waals surface area contributed by atoms with Crippen molar-refractivity contribution in [1.82, 2.24) is 35.7 Å². The average molecular weight is 235 g/mol. The van der Waals surface area contributed by atoms with Gasteiger partial charge >= 0.3 is 0 Å². The van der Waals surface area contributed by atoms with Gasteiger partial charge in [0.15, 0.2) is 5.82 Å². The molecule has 7 heteroatoms. The van der Waals surface area contributed by atoms with Crippen LogP contribution in [-0.4, -0.2) is 30.4 Å². The van der Waals surface area contributed by atoms with Gasteiger partial charge in [-0.2, -0.15) is 10.3 Å². The van der Waals surface area contributed by atoms with Crippen LogP contribution in [0.4, 0.5) is 0 Å². The standard InChI is InChI=1S/C10H17N7/c1-4-9-8(6-17(3)14-9)5-11-7(2)10-12-15-16-13-10/h6-7,11H,4-5H2,1-3H3,(H,12,13,15,16). The highest BCUT2D eigenvalue weighted by atomic mass is 15.5. The number of hydrogen-bond acceptors (Lipinski definition) is 5. The van der Waals surface area contributed by atoms with Gasteiger partial charge in [-0.15, -0.1) is 10.2 Å². The third-order valence-electron chi connectivity index (χ3n) is 2.67. The fraction of sp³-hybridized carbons (Fsp3) is 0.600. The SMILES string of the molecule is CCc1nn(C)cc1CNC(C)c1nn[nH]n1. The molecule has 17 heavy (non-hydrogen) atoms. The number of aryl methyl sites for hydroxylation is 2. The van der Waals surface area contributed by atoms with Crippen LogP contribution in [0.15, 0.2) is 6.20 Å². The number of hydrogen-bond donors (Lipinski definition) is 2. The third kappa shape index (κ3) is 2.68. The van der Waals surface area contributed by atoms with Gasteiger partial charge in [0.05, 0.1) is 11.7 Å². The van der Waals surface area contributed by atoms with Gasteiger partial charge in [0.1, 0.15) is 0 Å². The van der Waals surface area contributed by atoms with E-state index in [0.717, 1.165) is 18.7 Å². The van der Waals surface area contributed by atoms with Gasteiger partial charge in [-0.3, -0.25) is 4.68 Å². The van der Waals surface area contributed by atoms with Crippen molar-refractivity contribution in [1.29, 1.82) is 0 Å². The Morgan fingerprint density at radius 1 is 1.53 bits per heavy atom. The molecule has 0 aliphatic rings. The molecule has 0 saturated heterocycles. The molecule has 0 spiro atoms. The van der Waals surface area contributed by atoms with Gasteiger partial charge in [-0.25, -0.2) is 0 Å². The summed E-state index contributed by atoms with van der Waals surface area (Å²) in [6.45, 7) is 4.87. The summed E-state index contributed by atoms with van der Waals surface area (Å²) >= 11 is 0. The molecule has 92 valence electrons. The topological polar surface area (TPSA) is 84.3 Å². The molecule has 0 radical (unpaired) electrons. The molecule has 0 saturated carbocycles. The van der Waals surface area contributed by atoms with Crippen molar-refractivity contribution in [3.05, 3.63) is 23.3 Å². The number of nitrogens with zero attached hydrogens (tertiary/aromatic N) is 5. The van der Waals surface area contributed by atoms with E-state index in [-0.39, 0.29) is 6.04 Å². The Labute approximate surface area is 99.6 Å². The Hall–Kier alpha value is -1.76. The summed E-state index contributed by atoms with van der Waals surface area (Å²) < 4.78 is 1.84. The van der Waals surface area contributed by atoms with E-state index in [2.05, 4.69) is 38.0 Å². The second kappa shape index (κ2) is 5.05. The van der Waals surface area contributed by atoms with Gasteiger partial charge in [0.25, 0.3) is 0 Å². The van der Waals surface area contributed by atoms with Crippen molar-refractivity contribution in [2.75, 3.05) is 0 Å². The first kappa shape index (κ1) is 11.7. The van der Waals surface area contributed by atoms with Crippen LogP contribution in [0.5, 0.6) is 0 Å². The molecule has 0 aliphatic carbocycles. The number of H-pyrrole nitrogens is 1. The molecule has 2 heterocycles. The fourth-order valence-electron chi connectivity index (χ4n) is 1.74. The van der Waals surface area contributed by atoms with Crippen LogP contribution < -0.4 is 5.32 Å². The summed E-state index contributed by atoms with van der Waals surface area (Å²) in [6, 6.07) is 0.0682. The zero-order chi connectivity index (χ0) is 12.3. The maximum atomic E-state index is 4.40. The Morgan fingerprint density at radius 2 is 2.35 bits per heavy atom. The van der Waals surface area contributed by atoms with Crippen molar-refractivity contribution < 1.29 is 0 Å². The molecule has 7 nitrogen and oxygen atoms in total. The number of aromatic nitrogens is 6. The van der Waals surface area contributed by atoms with Crippen molar-refractivity contribution in [2.45, 2.75) is 32.9 Å². The molecule has 2 aromatic heterocycles. The monoisotopic (exact) mass is 235 g/mol. The van der Waals surface area contributed by atoms with Crippen molar-refractivity contribution in [2.24, 2.45) is 7.05 Å². The predicted octanol–water partition coefficient (Wildman–Crippen LogP) is 0.346. The molecule has 0 bridgehead atoms. The summed E-state index contributed by atoms with van der Waals surface area (Å²) in [5, 5.41) is 21.6. The molecule has 1 atom stereocenters. The van der Waals surface area contributed by atoms with E-state index in [0.29, 0.717) is 5.82 Å². The molecule has 1 unspecified atom stereocenters. The van der Waals surface area contributed by atoms with E-state index in [9.17, 15) is 0 Å². The predicted molar refractivity (Wildman–Crippen MR) is 62.0 cm³/mol. The molecular weight excluding hydrogens is 218 g/mol. The van der Waals surface area contributed by atoms with Crippen LogP contribution in [-0.2, 0) is 20.0 Å². The second-order valence-electron chi connectivity index (χ2n) is 4.00. The van der Waals surface area contributed by atoms with E-state index < -0.39 is 0 Å². The van der Waals surface area contributed by atoms with Crippen molar-refractivity contribution in [3.8, 4) is 0 Å². The highest BCUT2D eigenvalue weighted by molar-refractivity contribution is 5.16. The molecule has 0 amide bonds. The van der Waals surface area contributed by atoms with Crippen LogP contribution in [0.25, 0.3) is 0 Å². The quantitative estimate of drug-likeness (QED) is 0.781. The third-order valence-corrected chi connectivity index (χ3v) is 2.67. The zero-order valence-electron chi connectivity index (χ0n) is 10.3. The van der Waals surface area contributed by atoms with Crippen LogP contribution in [0.2, 0.25) is 0 Å². The second-order valence-corrected chi connectivity index (χ2v) is 4.00. The summed E-state index contributed by atoms with van der Waals surface area (Å²) in [6.07, 6.45) is 2.98. The summed E-state index contributed by atoms with van der Waals surface area (Å²) in [5.41, 5.74) is 2.34. The summed E-state index contributed by atoms with van der Waals surface area (Å²) in [4.78, 5) is 0. The zero-order valence-corrected chi connectivity index (χ0v) is 10.3. The van der Waals surface area contributed by atoms with Crippen LogP contribution >= 0.6 is 0 Å². The van der Waals surface area contributed by atoms with Crippen LogP contribution in [0.1, 0.15) is 37.0 Å². The van der Waals surface area contributed by atoms with Gasteiger partial charge < -0.3 is 5.32 Å². The maximum absolute atomic E-state index is 4.40. The Balaban J connectivity index is 1.97. The number of tetrazole rings is 1. The minimum absolute atomic E-state index is 0.0682. The average Bonchev–Trinajstić information content (AvgIpc) is 2.94. The lowest BCUT2D eigenvalue weighted by Gasteiger charge is -2.08. The highest BCUT2D eigenvalue weighted by Gasteiger charge is 2.11. The minimum Gasteiger partial charge on any atom is -0.303 e. The first-order valence-corrected chi connectivity index (χ1v) is 5.68. The Kier molecular flexibility index (Phi) is 3.48. The van der Waals surface area contributed by atoms with E-state index >= 15 is 0 Å². The normalized spacial score (nSPS) is 12.9. The lowest BCUT2D eigenvalue weighted by Crippen LogP contribution is -2.19. The molecular formula is C10H17N7. The molecule has 0 aliphatic heterocycles. The number of rotatable bonds is 5. The van der Waals surface area contributed by atoms with Crippen molar-refractivity contribution >= 4 is 0 Å². The number of nitrogens with one attached hydrogen (secondary N) is 2. The molecule has 2 N–H and O–H groups in total. The molecule has 2 rings (SSSR count). The Bertz CT molecular complexity index is 459. The fourth-order valence-corrected chi connectivity index (χ4v) is 1.74. The van der Waals surface area contributed by atoms with Gasteiger partial charge in [-0.05, 0) is 13.3 Å². The first-order valence-electron chi connectivity index (χ1n) is 5.68. The van der Waals surface area contributed by atoms with E-state index in [1.165, 1.54) is 5.56 Å². The van der Waals surface area contributed by atoms with E-state index in [4.69, 9.17) is 0 Å². The van der Waals surface area contributed by atoms with Gasteiger partial charge in [-0.1, -0.05) is 12.1 Å². The first-order chi connectivity index (χ1) is 8.20. The molecule has 2 aromatic rings. The van der Waals surface area contributed by atoms with Gasteiger partial charge in [0.2, 0.25) is 0 Å². The Morgan fingerprint density at radius 3 is 3.00 bits per heavy atom. The molecule has 0 aromatic carbocycles. The van der Waals surface area contributed by atoms with Crippen LogP contribution in [0.3, 0.4) is 0 Å². The highest BCUT2D eigenvalue weighted by Crippen LogP contribution is 2.10. The minimum atomic E-state index is 0.0682. The van der Waals surface area contributed by atoms with Crippen molar-refractivity contribution in [3.63, 3.8) is 0 Å². The largest absolute Gasteiger partial charge is 0.303 e.